The van der Waals surface area contributed by atoms with Crippen LogP contribution in [0.4, 0.5) is 4.39 Å². The first kappa shape index (κ1) is 20.7. The van der Waals surface area contributed by atoms with Gasteiger partial charge in [0.1, 0.15) is 11.9 Å². The molecule has 1 fully saturated rings. The van der Waals surface area contributed by atoms with Crippen molar-refractivity contribution in [2.75, 3.05) is 19.8 Å². The number of ether oxygens (including phenoxy) is 2. The molecule has 3 aromatic heterocycles. The molecule has 0 spiro atoms. The number of rotatable bonds is 6. The molecule has 0 radical (unpaired) electrons. The van der Waals surface area contributed by atoms with E-state index in [0.29, 0.717) is 39.5 Å². The molecule has 0 saturated carbocycles. The van der Waals surface area contributed by atoms with E-state index in [1.165, 1.54) is 12.4 Å². The monoisotopic (exact) mass is 431 g/mol. The molecule has 1 saturated heterocycles. The number of pyridine rings is 2. The molecule has 0 bridgehead atoms. The van der Waals surface area contributed by atoms with Gasteiger partial charge in [-0.1, -0.05) is 17.7 Å². The van der Waals surface area contributed by atoms with Crippen LogP contribution in [0.25, 0.3) is 11.4 Å². The summed E-state index contributed by atoms with van der Waals surface area (Å²) in [6.07, 6.45) is 3.61. The molecule has 0 aliphatic carbocycles. The largest absolute Gasteiger partial charge is 0.437 e. The maximum Gasteiger partial charge on any atom is 0.217 e. The molecule has 1 atom stereocenters. The Hall–Kier alpha value is -2.55. The molecule has 1 aliphatic rings. The average Bonchev–Trinajstić information content (AvgIpc) is 3.14. The maximum absolute atomic E-state index is 13.8. The van der Waals surface area contributed by atoms with Gasteiger partial charge in [0.25, 0.3) is 0 Å². The fourth-order valence-corrected chi connectivity index (χ4v) is 3.58. The summed E-state index contributed by atoms with van der Waals surface area (Å²) in [5, 5.41) is 5.04. The summed E-state index contributed by atoms with van der Waals surface area (Å²) in [5.74, 6) is 1.37. The third-order valence-corrected chi connectivity index (χ3v) is 5.33. The summed E-state index contributed by atoms with van der Waals surface area (Å²) >= 11 is 6.16. The first-order chi connectivity index (χ1) is 14.5. The number of aryl methyl sites for hydroxylation is 1. The maximum atomic E-state index is 13.8. The van der Waals surface area contributed by atoms with Gasteiger partial charge in [0.2, 0.25) is 5.88 Å². The van der Waals surface area contributed by atoms with Crippen molar-refractivity contribution in [3.05, 3.63) is 52.9 Å². The molecule has 2 N–H and O–H groups in total. The van der Waals surface area contributed by atoms with E-state index in [0.717, 1.165) is 31.7 Å². The molecule has 3 aromatic rings. The third kappa shape index (κ3) is 4.45. The van der Waals surface area contributed by atoms with Crippen molar-refractivity contribution in [2.24, 2.45) is 12.8 Å². The third-order valence-electron chi connectivity index (χ3n) is 5.13. The number of nitrogens with two attached hydrogens (primary N) is 1. The highest BCUT2D eigenvalue weighted by atomic mass is 35.5. The van der Waals surface area contributed by atoms with Gasteiger partial charge in [0.05, 0.1) is 16.4 Å². The van der Waals surface area contributed by atoms with Crippen LogP contribution < -0.4 is 10.5 Å². The molecule has 0 aromatic carbocycles. The van der Waals surface area contributed by atoms with Crippen molar-refractivity contribution < 1.29 is 13.9 Å². The highest BCUT2D eigenvalue weighted by Gasteiger charge is 2.21. The van der Waals surface area contributed by atoms with Crippen molar-refractivity contribution in [1.29, 1.82) is 0 Å². The fraction of sp³-hybridized carbons (Fsp3) is 0.381. The molecule has 1 aliphatic heterocycles. The Morgan fingerprint density at radius 2 is 2.07 bits per heavy atom. The minimum absolute atomic E-state index is 0.0927. The minimum Gasteiger partial charge on any atom is -0.437 e. The van der Waals surface area contributed by atoms with Crippen LogP contribution in [0, 0.1) is 0 Å². The van der Waals surface area contributed by atoms with E-state index in [-0.39, 0.29) is 6.54 Å². The van der Waals surface area contributed by atoms with Gasteiger partial charge in [-0.25, -0.2) is 14.1 Å². The van der Waals surface area contributed by atoms with E-state index in [4.69, 9.17) is 26.8 Å². The van der Waals surface area contributed by atoms with Gasteiger partial charge in [-0.05, 0) is 18.9 Å². The van der Waals surface area contributed by atoms with Crippen LogP contribution in [-0.2, 0) is 11.8 Å². The summed E-state index contributed by atoms with van der Waals surface area (Å²) in [4.78, 5) is 8.72. The Morgan fingerprint density at radius 3 is 2.77 bits per heavy atom. The lowest BCUT2D eigenvalue weighted by Crippen LogP contribution is -2.14. The summed E-state index contributed by atoms with van der Waals surface area (Å²) in [6.45, 7) is 1.39. The number of alkyl halides is 1. The summed E-state index contributed by atoms with van der Waals surface area (Å²) in [7, 11) is 1.83. The van der Waals surface area contributed by atoms with E-state index in [1.54, 1.807) is 22.9 Å². The van der Waals surface area contributed by atoms with Crippen molar-refractivity contribution in [3.8, 4) is 23.0 Å². The van der Waals surface area contributed by atoms with Crippen molar-refractivity contribution >= 4 is 11.6 Å². The normalized spacial score (nSPS) is 15.9. The SMILES string of the molecule is Cn1nc(C2CCOCC2)cc1Oc1cc(Cl)cnc1-c1ccc([C@@H](F)CN)cn1. The number of nitrogens with zero attached hydrogens (tertiary/aromatic N) is 4. The molecule has 4 rings (SSSR count). The minimum atomic E-state index is -1.25. The topological polar surface area (TPSA) is 88.1 Å². The lowest BCUT2D eigenvalue weighted by Gasteiger charge is -2.19. The number of halogens is 2. The second-order valence-corrected chi connectivity index (χ2v) is 7.64. The van der Waals surface area contributed by atoms with Crippen LogP contribution in [0.2, 0.25) is 5.02 Å². The smallest absolute Gasteiger partial charge is 0.217 e. The van der Waals surface area contributed by atoms with E-state index in [1.807, 2.05) is 13.1 Å². The van der Waals surface area contributed by atoms with Crippen molar-refractivity contribution in [3.63, 3.8) is 0 Å². The van der Waals surface area contributed by atoms with E-state index >= 15 is 0 Å². The van der Waals surface area contributed by atoms with Crippen LogP contribution in [0.3, 0.4) is 0 Å². The lowest BCUT2D eigenvalue weighted by atomic mass is 9.97. The van der Waals surface area contributed by atoms with Gasteiger partial charge < -0.3 is 15.2 Å². The molecule has 0 unspecified atom stereocenters. The lowest BCUT2D eigenvalue weighted by molar-refractivity contribution is 0.0844. The van der Waals surface area contributed by atoms with Crippen molar-refractivity contribution in [1.82, 2.24) is 19.7 Å². The summed E-state index contributed by atoms with van der Waals surface area (Å²) in [6, 6.07) is 6.95. The number of aromatic nitrogens is 4. The predicted octanol–water partition coefficient (Wildman–Crippen LogP) is 4.19. The molecular weight excluding hydrogens is 409 g/mol. The van der Waals surface area contributed by atoms with Crippen LogP contribution in [-0.4, -0.2) is 39.5 Å². The highest BCUT2D eigenvalue weighted by molar-refractivity contribution is 6.30. The van der Waals surface area contributed by atoms with Gasteiger partial charge in [0.15, 0.2) is 5.75 Å². The molecular formula is C21H23ClFN5O2. The van der Waals surface area contributed by atoms with Crippen LogP contribution in [0.15, 0.2) is 36.7 Å². The van der Waals surface area contributed by atoms with Gasteiger partial charge in [-0.3, -0.25) is 4.98 Å². The zero-order chi connectivity index (χ0) is 21.1. The Kier molecular flexibility index (Phi) is 6.26. The number of hydrogen-bond acceptors (Lipinski definition) is 6. The summed E-state index contributed by atoms with van der Waals surface area (Å²) in [5.41, 5.74) is 7.83. The predicted molar refractivity (Wildman–Crippen MR) is 111 cm³/mol. The van der Waals surface area contributed by atoms with Crippen LogP contribution in [0.1, 0.15) is 36.2 Å². The Labute approximate surface area is 179 Å². The van der Waals surface area contributed by atoms with Crippen LogP contribution in [0.5, 0.6) is 11.6 Å². The van der Waals surface area contributed by atoms with Crippen LogP contribution >= 0.6 is 11.6 Å². The molecule has 0 amide bonds. The molecule has 30 heavy (non-hydrogen) atoms. The average molecular weight is 432 g/mol. The standard InChI is InChI=1S/C21H23ClFN5O2/c1-28-20(9-18(27-28)13-4-6-29-7-5-13)30-19-8-15(22)12-26-21(19)17-3-2-14(11-25-17)16(23)10-24/h2-3,8-9,11-13,16H,4-7,10,24H2,1H3/t16-/m0/s1. The van der Waals surface area contributed by atoms with Crippen molar-refractivity contribution in [2.45, 2.75) is 24.9 Å². The first-order valence-corrected chi connectivity index (χ1v) is 10.2. The van der Waals surface area contributed by atoms with E-state index in [9.17, 15) is 4.39 Å². The highest BCUT2D eigenvalue weighted by Crippen LogP contribution is 2.35. The quantitative estimate of drug-likeness (QED) is 0.629. The molecule has 9 heteroatoms. The van der Waals surface area contributed by atoms with E-state index < -0.39 is 6.17 Å². The zero-order valence-corrected chi connectivity index (χ0v) is 17.3. The fourth-order valence-electron chi connectivity index (χ4n) is 3.43. The first-order valence-electron chi connectivity index (χ1n) is 9.80. The second kappa shape index (κ2) is 9.07. The summed E-state index contributed by atoms with van der Waals surface area (Å²) < 4.78 is 27.0. The van der Waals surface area contributed by atoms with Gasteiger partial charge in [-0.15, -0.1) is 0 Å². The molecule has 7 nitrogen and oxygen atoms in total. The Bertz CT molecular complexity index is 1010. The second-order valence-electron chi connectivity index (χ2n) is 7.20. The van der Waals surface area contributed by atoms with E-state index in [2.05, 4.69) is 15.1 Å². The molecule has 4 heterocycles. The Balaban J connectivity index is 1.62. The number of hydrogen-bond donors (Lipinski definition) is 1. The Morgan fingerprint density at radius 1 is 1.27 bits per heavy atom. The van der Waals surface area contributed by atoms with Gasteiger partial charge in [-0.2, -0.15) is 5.10 Å². The zero-order valence-electron chi connectivity index (χ0n) is 16.6. The van der Waals surface area contributed by atoms with Gasteiger partial charge in [0, 0.05) is 62.8 Å². The van der Waals surface area contributed by atoms with Gasteiger partial charge >= 0.3 is 0 Å². The molecule has 158 valence electrons.